The Morgan fingerprint density at radius 2 is 0.923 bits per heavy atom. The third-order valence-electron chi connectivity index (χ3n) is 2.75. The lowest BCUT2D eigenvalue weighted by atomic mass is 10.6. The van der Waals surface area contributed by atoms with Crippen molar-refractivity contribution in [2.45, 2.75) is 0 Å². The Labute approximate surface area is 163 Å². The van der Waals surface area contributed by atoms with E-state index in [1.54, 1.807) is 7.11 Å². The fourth-order valence-electron chi connectivity index (χ4n) is 1.54. The Morgan fingerprint density at radius 1 is 0.615 bits per heavy atom. The predicted octanol–water partition coefficient (Wildman–Crippen LogP) is 0.140. The molecule has 9 nitrogen and oxygen atoms in total. The molecular formula is C15H32ClNO8S. The van der Waals surface area contributed by atoms with Crippen molar-refractivity contribution in [2.75, 3.05) is 99.5 Å². The summed E-state index contributed by atoms with van der Waals surface area (Å²) in [6.45, 7) is 7.21. The highest BCUT2D eigenvalue weighted by Gasteiger charge is 1.99. The molecule has 0 aliphatic rings. The minimum Gasteiger partial charge on any atom is -0.580 e. The molecule has 1 unspecified atom stereocenters. The largest absolute Gasteiger partial charge is 0.580 e. The molecule has 0 aliphatic heterocycles. The summed E-state index contributed by atoms with van der Waals surface area (Å²) in [4.78, 5) is 0. The average molecular weight is 422 g/mol. The van der Waals surface area contributed by atoms with Gasteiger partial charge in [0.1, 0.15) is 0 Å². The summed E-state index contributed by atoms with van der Waals surface area (Å²) in [6.07, 6.45) is 0. The summed E-state index contributed by atoms with van der Waals surface area (Å²) in [6, 6.07) is 0. The van der Waals surface area contributed by atoms with Crippen molar-refractivity contribution in [2.24, 2.45) is 0 Å². The first-order valence-electron chi connectivity index (χ1n) is 8.54. The molecule has 0 rings (SSSR count). The number of halogens is 1. The summed E-state index contributed by atoms with van der Waals surface area (Å²) < 4.78 is 49.8. The third-order valence-corrected chi connectivity index (χ3v) is 3.51. The molecule has 1 atom stereocenters. The molecule has 0 aromatic rings. The molecule has 0 spiro atoms. The molecule has 26 heavy (non-hydrogen) atoms. The molecule has 0 aliphatic carbocycles. The van der Waals surface area contributed by atoms with Crippen LogP contribution in [0.2, 0.25) is 0 Å². The average Bonchev–Trinajstić information content (AvgIpc) is 2.62. The van der Waals surface area contributed by atoms with Crippen LogP contribution in [0.25, 0.3) is 0 Å². The van der Waals surface area contributed by atoms with Crippen molar-refractivity contribution in [3.8, 4) is 0 Å². The molecule has 0 amide bonds. The summed E-state index contributed by atoms with van der Waals surface area (Å²) in [5.41, 5.74) is 0. The van der Waals surface area contributed by atoms with Crippen LogP contribution in [0.3, 0.4) is 0 Å². The molecule has 0 heterocycles. The van der Waals surface area contributed by atoms with Gasteiger partial charge in [-0.3, -0.25) is 0 Å². The zero-order chi connectivity index (χ0) is 19.1. The molecule has 0 fully saturated rings. The predicted molar refractivity (Wildman–Crippen MR) is 98.8 cm³/mol. The van der Waals surface area contributed by atoms with Crippen molar-refractivity contribution in [3.63, 3.8) is 0 Å². The van der Waals surface area contributed by atoms with Gasteiger partial charge in [-0.25, -0.2) is 0 Å². The molecular weight excluding hydrogens is 390 g/mol. The highest BCUT2D eigenvalue weighted by atomic mass is 35.7. The second-order valence-electron chi connectivity index (χ2n) is 4.78. The number of methoxy groups -OCH3 is 1. The summed E-state index contributed by atoms with van der Waals surface area (Å²) in [5.74, 6) is 0. The van der Waals surface area contributed by atoms with Crippen LogP contribution in [0.4, 0.5) is 0 Å². The topological polar surface area (TPSA) is 99.7 Å². The van der Waals surface area contributed by atoms with Gasteiger partial charge in [-0.15, -0.1) is 4.72 Å². The van der Waals surface area contributed by atoms with E-state index in [4.69, 9.17) is 43.8 Å². The number of rotatable bonds is 22. The molecule has 0 aromatic heterocycles. The number of nitrogens with one attached hydrogen (secondary N) is 1. The van der Waals surface area contributed by atoms with Gasteiger partial charge in [0.25, 0.3) is 0 Å². The van der Waals surface area contributed by atoms with Crippen molar-refractivity contribution >= 4 is 21.3 Å². The van der Waals surface area contributed by atoms with Gasteiger partial charge >= 0.3 is 0 Å². The maximum absolute atomic E-state index is 10.5. The normalized spacial score (nSPS) is 12.6. The lowest BCUT2D eigenvalue weighted by Gasteiger charge is -2.08. The molecule has 0 radical (unpaired) electrons. The van der Waals surface area contributed by atoms with Crippen LogP contribution in [0, 0.1) is 0 Å². The number of hydrogen-bond donors (Lipinski definition) is 1. The Kier molecular flexibility index (Phi) is 23.6. The van der Waals surface area contributed by atoms with Gasteiger partial charge < -0.3 is 37.7 Å². The van der Waals surface area contributed by atoms with Crippen LogP contribution in [0.5, 0.6) is 0 Å². The zero-order valence-corrected chi connectivity index (χ0v) is 17.0. The summed E-state index contributed by atoms with van der Waals surface area (Å²) >= 11 is 0. The quantitative estimate of drug-likeness (QED) is 0.193. The van der Waals surface area contributed by atoms with Crippen molar-refractivity contribution in [1.29, 1.82) is 0 Å². The van der Waals surface area contributed by atoms with Gasteiger partial charge in [-0.05, 0) is 0 Å². The maximum atomic E-state index is 10.5. The van der Waals surface area contributed by atoms with Crippen molar-refractivity contribution < 1.29 is 37.7 Å². The first kappa shape index (κ1) is 26.3. The smallest absolute Gasteiger partial charge is 0.199 e. The van der Waals surface area contributed by atoms with Gasteiger partial charge in [0.2, 0.25) is 0 Å². The van der Waals surface area contributed by atoms with E-state index in [9.17, 15) is 4.55 Å². The minimum absolute atomic E-state index is 0.431. The van der Waals surface area contributed by atoms with Crippen LogP contribution < -0.4 is 4.72 Å². The Hall–Kier alpha value is 0.280. The van der Waals surface area contributed by atoms with Crippen LogP contribution >= 0.6 is 10.7 Å². The van der Waals surface area contributed by atoms with Gasteiger partial charge in [-0.1, -0.05) is 0 Å². The number of ether oxygens (including phenoxy) is 7. The van der Waals surface area contributed by atoms with Gasteiger partial charge in [0, 0.05) is 7.11 Å². The molecule has 158 valence electrons. The Balaban J connectivity index is 2.97. The standard InChI is InChI=1S/C15H32ClNO8S/c1-19-4-5-21-8-9-23-12-13-25-15-14-24-11-10-22-7-6-20-3-2-17-26(16)18/h17H,2-15H2,1H3. The fraction of sp³-hybridized carbons (Fsp3) is 1.00. The second kappa shape index (κ2) is 23.3. The lowest BCUT2D eigenvalue weighted by molar-refractivity contribution is -0.0188. The molecule has 0 saturated heterocycles. The van der Waals surface area contributed by atoms with E-state index in [1.807, 2.05) is 0 Å². The van der Waals surface area contributed by atoms with E-state index < -0.39 is 10.6 Å². The zero-order valence-electron chi connectivity index (χ0n) is 15.5. The molecule has 0 saturated carbocycles. The third kappa shape index (κ3) is 24.3. The lowest BCUT2D eigenvalue weighted by Crippen LogP contribution is -2.23. The Bertz CT molecular complexity index is 270. The molecule has 1 N–H and O–H groups in total. The van der Waals surface area contributed by atoms with Gasteiger partial charge in [-0.2, -0.15) is 0 Å². The maximum Gasteiger partial charge on any atom is 0.199 e. The molecule has 11 heteroatoms. The monoisotopic (exact) mass is 421 g/mol. The SMILES string of the molecule is COCCOCCOCCOCCOCCOCCOCCN[S+]([O-])Cl. The first-order chi connectivity index (χ1) is 12.8. The first-order valence-corrected chi connectivity index (χ1v) is 10.5. The van der Waals surface area contributed by atoms with E-state index >= 15 is 0 Å². The number of hydrogen-bond acceptors (Lipinski definition) is 9. The van der Waals surface area contributed by atoms with E-state index in [0.29, 0.717) is 92.4 Å². The van der Waals surface area contributed by atoms with E-state index in [-0.39, 0.29) is 0 Å². The van der Waals surface area contributed by atoms with E-state index in [0.717, 1.165) is 0 Å². The summed E-state index contributed by atoms with van der Waals surface area (Å²) in [7, 11) is 5.33. The fourth-order valence-corrected chi connectivity index (χ4v) is 2.01. The summed E-state index contributed by atoms with van der Waals surface area (Å²) in [5, 5.41) is 0. The highest BCUT2D eigenvalue weighted by molar-refractivity contribution is 8.12. The van der Waals surface area contributed by atoms with Crippen LogP contribution in [-0.2, 0) is 43.7 Å². The van der Waals surface area contributed by atoms with Crippen LogP contribution in [0.15, 0.2) is 0 Å². The van der Waals surface area contributed by atoms with Crippen LogP contribution in [0.1, 0.15) is 0 Å². The van der Waals surface area contributed by atoms with Crippen LogP contribution in [-0.4, -0.2) is 104 Å². The molecule has 0 aromatic carbocycles. The van der Waals surface area contributed by atoms with Gasteiger partial charge in [0.05, 0.1) is 92.4 Å². The Morgan fingerprint density at radius 3 is 1.23 bits per heavy atom. The molecule has 0 bridgehead atoms. The second-order valence-corrected chi connectivity index (χ2v) is 6.36. The van der Waals surface area contributed by atoms with E-state index in [1.165, 1.54) is 0 Å². The van der Waals surface area contributed by atoms with Crippen molar-refractivity contribution in [3.05, 3.63) is 0 Å². The minimum atomic E-state index is -1.52. The van der Waals surface area contributed by atoms with Crippen molar-refractivity contribution in [1.82, 2.24) is 4.72 Å². The van der Waals surface area contributed by atoms with Gasteiger partial charge in [0.15, 0.2) is 21.3 Å². The highest BCUT2D eigenvalue weighted by Crippen LogP contribution is 1.88. The van der Waals surface area contributed by atoms with E-state index in [2.05, 4.69) is 4.72 Å².